The molecule has 5 nitrogen and oxygen atoms in total. The molecule has 0 amide bonds. The van der Waals surface area contributed by atoms with E-state index in [0.717, 1.165) is 39.0 Å². The first kappa shape index (κ1) is 27.0. The molecule has 2 rings (SSSR count). The normalized spacial score (nSPS) is 17.2. The summed E-state index contributed by atoms with van der Waals surface area (Å²) in [5.41, 5.74) is 0.0686. The Morgan fingerprint density at radius 1 is 1.20 bits per heavy atom. The molecule has 1 atom stereocenters. The van der Waals surface area contributed by atoms with Gasteiger partial charge in [0.2, 0.25) is 0 Å². The highest BCUT2D eigenvalue weighted by atomic mass is 127. The second-order valence-corrected chi connectivity index (χ2v) is 8.45. The molecule has 0 radical (unpaired) electrons. The predicted molar refractivity (Wildman–Crippen MR) is 132 cm³/mol. The number of aliphatic imine (C=N–C) groups is 1. The molecule has 0 aromatic heterocycles. The Morgan fingerprint density at radius 2 is 1.80 bits per heavy atom. The molecule has 1 aromatic rings. The number of guanidine groups is 1. The molecule has 0 spiro atoms. The van der Waals surface area contributed by atoms with Crippen molar-refractivity contribution in [3.05, 3.63) is 35.4 Å². The van der Waals surface area contributed by atoms with Gasteiger partial charge in [0.05, 0.1) is 12.6 Å². The summed E-state index contributed by atoms with van der Waals surface area (Å²) in [4.78, 5) is 8.98. The molecular formula is C22H38F2IN5. The van der Waals surface area contributed by atoms with Gasteiger partial charge in [0.15, 0.2) is 5.96 Å². The highest BCUT2D eigenvalue weighted by molar-refractivity contribution is 14.0. The third-order valence-corrected chi connectivity index (χ3v) is 5.27. The lowest BCUT2D eigenvalue weighted by molar-refractivity contribution is 0.186. The van der Waals surface area contributed by atoms with Gasteiger partial charge in [-0.1, -0.05) is 19.9 Å². The monoisotopic (exact) mass is 537 g/mol. The van der Waals surface area contributed by atoms with Gasteiger partial charge in [0.1, 0.15) is 11.6 Å². The van der Waals surface area contributed by atoms with Crippen molar-refractivity contribution in [2.24, 2.45) is 10.9 Å². The zero-order chi connectivity index (χ0) is 21.4. The molecule has 1 aliphatic heterocycles. The summed E-state index contributed by atoms with van der Waals surface area (Å²) in [6.45, 7) is 10.8. The Morgan fingerprint density at radius 3 is 2.30 bits per heavy atom. The van der Waals surface area contributed by atoms with Gasteiger partial charge < -0.3 is 20.4 Å². The summed E-state index contributed by atoms with van der Waals surface area (Å²) in [5, 5.41) is 6.78. The van der Waals surface area contributed by atoms with Gasteiger partial charge in [0, 0.05) is 37.8 Å². The topological polar surface area (TPSA) is 42.9 Å². The van der Waals surface area contributed by atoms with E-state index in [0.29, 0.717) is 17.9 Å². The fourth-order valence-corrected chi connectivity index (χ4v) is 3.81. The number of likely N-dealkylation sites (tertiary alicyclic amines) is 1. The lowest BCUT2D eigenvalue weighted by Gasteiger charge is -2.34. The third-order valence-electron chi connectivity index (χ3n) is 5.27. The highest BCUT2D eigenvalue weighted by Gasteiger charge is 2.23. The zero-order valence-corrected chi connectivity index (χ0v) is 21.3. The van der Waals surface area contributed by atoms with Crippen molar-refractivity contribution < 1.29 is 8.78 Å². The van der Waals surface area contributed by atoms with Crippen molar-refractivity contribution in [2.45, 2.75) is 45.7 Å². The fourth-order valence-electron chi connectivity index (χ4n) is 3.81. The summed E-state index contributed by atoms with van der Waals surface area (Å²) in [6, 6.07) is 3.88. The summed E-state index contributed by atoms with van der Waals surface area (Å²) in [5.74, 6) is 0.322. The summed E-state index contributed by atoms with van der Waals surface area (Å²) in [7, 11) is 3.63. The van der Waals surface area contributed by atoms with Crippen molar-refractivity contribution in [1.82, 2.24) is 20.4 Å². The largest absolute Gasteiger partial charge is 0.357 e. The van der Waals surface area contributed by atoms with E-state index in [4.69, 9.17) is 0 Å². The molecule has 1 aromatic carbocycles. The zero-order valence-electron chi connectivity index (χ0n) is 18.9. The van der Waals surface area contributed by atoms with Crippen molar-refractivity contribution in [1.29, 1.82) is 0 Å². The van der Waals surface area contributed by atoms with E-state index in [-0.39, 0.29) is 36.1 Å². The minimum Gasteiger partial charge on any atom is -0.357 e. The Labute approximate surface area is 197 Å². The van der Waals surface area contributed by atoms with E-state index in [1.54, 1.807) is 4.90 Å². The van der Waals surface area contributed by atoms with E-state index >= 15 is 0 Å². The van der Waals surface area contributed by atoms with Crippen molar-refractivity contribution in [2.75, 3.05) is 46.8 Å². The average Bonchev–Trinajstić information content (AvgIpc) is 2.65. The van der Waals surface area contributed by atoms with Crippen LogP contribution in [0, 0.1) is 17.6 Å². The number of benzene rings is 1. The lowest BCUT2D eigenvalue weighted by atomic mass is 10.0. The van der Waals surface area contributed by atoms with Crippen LogP contribution in [0.4, 0.5) is 8.78 Å². The quantitative estimate of drug-likeness (QED) is 0.301. The molecule has 1 fully saturated rings. The smallest absolute Gasteiger partial charge is 0.191 e. The van der Waals surface area contributed by atoms with Crippen molar-refractivity contribution >= 4 is 29.9 Å². The maximum atomic E-state index is 14.3. The van der Waals surface area contributed by atoms with Crippen molar-refractivity contribution in [3.8, 4) is 0 Å². The first-order chi connectivity index (χ1) is 13.8. The van der Waals surface area contributed by atoms with Crippen LogP contribution < -0.4 is 10.6 Å². The van der Waals surface area contributed by atoms with E-state index in [1.165, 1.54) is 18.2 Å². The van der Waals surface area contributed by atoms with E-state index in [2.05, 4.69) is 34.4 Å². The minimum absolute atomic E-state index is 0. The molecule has 1 unspecified atom stereocenters. The number of hydrogen-bond donors (Lipinski definition) is 2. The summed E-state index contributed by atoms with van der Waals surface area (Å²) < 4.78 is 28.6. The van der Waals surface area contributed by atoms with Crippen LogP contribution in [-0.4, -0.2) is 68.6 Å². The van der Waals surface area contributed by atoms with Gasteiger partial charge in [-0.2, -0.15) is 0 Å². The Balaban J connectivity index is 0.00000450. The number of hydrogen-bond acceptors (Lipinski definition) is 3. The molecule has 30 heavy (non-hydrogen) atoms. The van der Waals surface area contributed by atoms with Crippen LogP contribution >= 0.6 is 24.0 Å². The minimum atomic E-state index is -0.533. The van der Waals surface area contributed by atoms with Gasteiger partial charge in [-0.05, 0) is 51.9 Å². The van der Waals surface area contributed by atoms with Crippen LogP contribution in [0.3, 0.4) is 0 Å². The van der Waals surface area contributed by atoms with Gasteiger partial charge in [-0.15, -0.1) is 24.0 Å². The second-order valence-electron chi connectivity index (χ2n) is 8.45. The summed E-state index contributed by atoms with van der Waals surface area (Å²) in [6.07, 6.45) is 2.13. The molecule has 1 heterocycles. The first-order valence-electron chi connectivity index (χ1n) is 10.7. The molecular weight excluding hydrogens is 499 g/mol. The second kappa shape index (κ2) is 13.4. The standard InChI is InChI=1S/C22H37F2N5.HI/c1-6-25-22(27-17-10-12-29(13-11-17)15-16(2)3)26-14-20(28(4)5)21-18(23)8-7-9-19(21)24;/h7-9,16-17,20H,6,10-15H2,1-5H3,(H2,25,26,27);1H. The van der Waals surface area contributed by atoms with E-state index in [1.807, 2.05) is 21.0 Å². The molecule has 1 aliphatic rings. The molecule has 172 valence electrons. The number of nitrogens with zero attached hydrogens (tertiary/aromatic N) is 3. The maximum Gasteiger partial charge on any atom is 0.191 e. The number of piperidine rings is 1. The maximum absolute atomic E-state index is 14.3. The third kappa shape index (κ3) is 8.26. The SMILES string of the molecule is CCNC(=NCC(c1c(F)cccc1F)N(C)C)NC1CCN(CC(C)C)CC1.I. The van der Waals surface area contributed by atoms with Crippen LogP contribution in [-0.2, 0) is 0 Å². The van der Waals surface area contributed by atoms with Crippen LogP contribution in [0.2, 0.25) is 0 Å². The number of likely N-dealkylation sites (N-methyl/N-ethyl adjacent to an activating group) is 1. The fraction of sp³-hybridized carbons (Fsp3) is 0.682. The van der Waals surface area contributed by atoms with Crippen molar-refractivity contribution in [3.63, 3.8) is 0 Å². The molecule has 1 saturated heterocycles. The number of nitrogens with one attached hydrogen (secondary N) is 2. The predicted octanol–water partition coefficient (Wildman–Crippen LogP) is 3.86. The van der Waals surface area contributed by atoms with Gasteiger partial charge in [0.25, 0.3) is 0 Å². The van der Waals surface area contributed by atoms with Gasteiger partial charge in [-0.3, -0.25) is 4.99 Å². The Bertz CT molecular complexity index is 641. The number of halogens is 3. The lowest BCUT2D eigenvalue weighted by Crippen LogP contribution is -2.49. The number of rotatable bonds is 8. The Hall–Kier alpha value is -1.00. The molecule has 0 saturated carbocycles. The average molecular weight is 537 g/mol. The van der Waals surface area contributed by atoms with Crippen LogP contribution in [0.5, 0.6) is 0 Å². The summed E-state index contributed by atoms with van der Waals surface area (Å²) >= 11 is 0. The molecule has 0 bridgehead atoms. The van der Waals surface area contributed by atoms with E-state index < -0.39 is 17.7 Å². The Kier molecular flexibility index (Phi) is 12.1. The molecule has 2 N–H and O–H groups in total. The van der Waals surface area contributed by atoms with E-state index in [9.17, 15) is 8.78 Å². The first-order valence-corrected chi connectivity index (χ1v) is 10.7. The molecule has 0 aliphatic carbocycles. The van der Waals surface area contributed by atoms with Crippen LogP contribution in [0.25, 0.3) is 0 Å². The van der Waals surface area contributed by atoms with Gasteiger partial charge >= 0.3 is 0 Å². The van der Waals surface area contributed by atoms with Crippen LogP contribution in [0.15, 0.2) is 23.2 Å². The van der Waals surface area contributed by atoms with Crippen LogP contribution in [0.1, 0.15) is 45.2 Å². The highest BCUT2D eigenvalue weighted by Crippen LogP contribution is 2.24. The molecule has 8 heteroatoms. The van der Waals surface area contributed by atoms with Gasteiger partial charge in [-0.25, -0.2) is 8.78 Å².